The zero-order chi connectivity index (χ0) is 27.2. The Bertz CT molecular complexity index is 1440. The number of methoxy groups -OCH3 is 1. The molecular formula is C24H17F6NO5S. The fourth-order valence-corrected chi connectivity index (χ4v) is 5.81. The number of esters is 1. The summed E-state index contributed by atoms with van der Waals surface area (Å²) in [6.07, 6.45) is -10.8. The molecule has 0 aliphatic carbocycles. The van der Waals surface area contributed by atoms with Gasteiger partial charge in [-0.15, -0.1) is 4.31 Å². The lowest BCUT2D eigenvalue weighted by Gasteiger charge is -2.38. The van der Waals surface area contributed by atoms with Crippen LogP contribution in [0.25, 0.3) is 0 Å². The summed E-state index contributed by atoms with van der Waals surface area (Å²) in [5.74, 6) is -1.55. The first-order chi connectivity index (χ1) is 17.2. The number of hydrogen-bond acceptors (Lipinski definition) is 5. The first-order valence-electron chi connectivity index (χ1n) is 10.4. The summed E-state index contributed by atoms with van der Waals surface area (Å²) in [6.45, 7) is -0.954. The molecule has 0 unspecified atom stereocenters. The number of fused-ring (bicyclic) bond motifs is 1. The summed E-state index contributed by atoms with van der Waals surface area (Å²) >= 11 is 0. The zero-order valence-corrected chi connectivity index (χ0v) is 19.6. The van der Waals surface area contributed by atoms with E-state index in [9.17, 15) is 39.6 Å². The molecule has 196 valence electrons. The van der Waals surface area contributed by atoms with Gasteiger partial charge in [-0.05, 0) is 42.0 Å². The van der Waals surface area contributed by atoms with Gasteiger partial charge in [0.1, 0.15) is 5.75 Å². The van der Waals surface area contributed by atoms with E-state index >= 15 is 0 Å². The van der Waals surface area contributed by atoms with Gasteiger partial charge in [-0.3, -0.25) is 0 Å². The molecule has 0 saturated carbocycles. The molecule has 3 aromatic rings. The molecule has 1 heterocycles. The predicted octanol–water partition coefficient (Wildman–Crippen LogP) is 5.49. The van der Waals surface area contributed by atoms with Gasteiger partial charge in [0.2, 0.25) is 10.0 Å². The van der Waals surface area contributed by atoms with E-state index in [1.165, 1.54) is 49.6 Å². The molecular weight excluding hydrogens is 528 g/mol. The number of sulfonamides is 1. The largest absolute Gasteiger partial charge is 0.497 e. The molecule has 13 heteroatoms. The lowest BCUT2D eigenvalue weighted by atomic mass is 9.98. The Balaban J connectivity index is 1.99. The second-order valence-corrected chi connectivity index (χ2v) is 9.80. The van der Waals surface area contributed by atoms with Gasteiger partial charge in [0, 0.05) is 12.1 Å². The third kappa shape index (κ3) is 4.53. The third-order valence-corrected chi connectivity index (χ3v) is 7.57. The molecule has 1 aliphatic heterocycles. The Hall–Kier alpha value is -3.58. The van der Waals surface area contributed by atoms with Crippen LogP contribution >= 0.6 is 0 Å². The SMILES string of the molecule is COc1cccc(C(=O)O[C@@]2(C(F)(F)F)c3cc(C(F)(F)F)ccc3S(=O)(=O)N2Cc2ccccc2)c1. The van der Waals surface area contributed by atoms with Crippen LogP contribution in [-0.4, -0.2) is 32.0 Å². The Morgan fingerprint density at radius 2 is 1.59 bits per heavy atom. The van der Waals surface area contributed by atoms with Gasteiger partial charge in [-0.1, -0.05) is 36.4 Å². The van der Waals surface area contributed by atoms with Gasteiger partial charge in [0.25, 0.3) is 0 Å². The smallest absolute Gasteiger partial charge is 0.449 e. The second kappa shape index (κ2) is 9.06. The van der Waals surface area contributed by atoms with E-state index in [0.29, 0.717) is 12.1 Å². The van der Waals surface area contributed by atoms with Crippen molar-refractivity contribution in [3.8, 4) is 5.75 Å². The molecule has 6 nitrogen and oxygen atoms in total. The fraction of sp³-hybridized carbons (Fsp3) is 0.208. The third-order valence-electron chi connectivity index (χ3n) is 5.69. The van der Waals surface area contributed by atoms with E-state index in [-0.39, 0.29) is 21.7 Å². The second-order valence-electron chi connectivity index (χ2n) is 7.97. The van der Waals surface area contributed by atoms with Crippen molar-refractivity contribution < 1.29 is 49.0 Å². The Kier molecular flexibility index (Phi) is 6.49. The van der Waals surface area contributed by atoms with Crippen molar-refractivity contribution in [2.75, 3.05) is 7.11 Å². The van der Waals surface area contributed by atoms with E-state index in [0.717, 1.165) is 12.1 Å². The Labute approximate surface area is 207 Å². The van der Waals surface area contributed by atoms with Crippen LogP contribution < -0.4 is 4.74 Å². The number of carbonyl (C=O) groups is 1. The molecule has 0 spiro atoms. The van der Waals surface area contributed by atoms with Gasteiger partial charge < -0.3 is 9.47 Å². The van der Waals surface area contributed by atoms with Gasteiger partial charge in [-0.25, -0.2) is 13.2 Å². The molecule has 3 aromatic carbocycles. The van der Waals surface area contributed by atoms with Crippen LogP contribution in [-0.2, 0) is 33.2 Å². The van der Waals surface area contributed by atoms with Crippen molar-refractivity contribution in [2.24, 2.45) is 0 Å². The van der Waals surface area contributed by atoms with Crippen molar-refractivity contribution in [2.45, 2.75) is 29.5 Å². The van der Waals surface area contributed by atoms with Crippen LogP contribution in [0, 0.1) is 0 Å². The molecule has 0 bridgehead atoms. The van der Waals surface area contributed by atoms with Crippen molar-refractivity contribution in [3.63, 3.8) is 0 Å². The molecule has 0 amide bonds. The molecule has 0 N–H and O–H groups in total. The van der Waals surface area contributed by atoms with E-state index in [1.807, 2.05) is 0 Å². The maximum Gasteiger partial charge on any atom is 0.449 e. The summed E-state index contributed by atoms with van der Waals surface area (Å²) in [4.78, 5) is 11.9. The highest BCUT2D eigenvalue weighted by Crippen LogP contribution is 2.55. The lowest BCUT2D eigenvalue weighted by Crippen LogP contribution is -2.56. The van der Waals surface area contributed by atoms with Crippen molar-refractivity contribution >= 4 is 16.0 Å². The minimum absolute atomic E-state index is 0.0459. The number of alkyl halides is 6. The standard InChI is InChI=1S/C24H17F6NO5S/c1-35-18-9-5-8-16(12-18)21(32)36-22(24(28,29)30)19-13-17(23(25,26)27)10-11-20(19)37(33,34)31(22)14-15-6-3-2-4-7-15/h2-13H,14H2,1H3/t22-/m1/s1. The average molecular weight is 545 g/mol. The summed E-state index contributed by atoms with van der Waals surface area (Å²) < 4.78 is 122. The van der Waals surface area contributed by atoms with Crippen molar-refractivity contribution in [1.29, 1.82) is 0 Å². The number of nitrogens with zero attached hydrogens (tertiary/aromatic N) is 1. The van der Waals surface area contributed by atoms with Crippen LogP contribution in [0.1, 0.15) is 27.0 Å². The van der Waals surface area contributed by atoms with E-state index < -0.39 is 62.2 Å². The number of ether oxygens (including phenoxy) is 2. The molecule has 0 aromatic heterocycles. The molecule has 0 saturated heterocycles. The highest BCUT2D eigenvalue weighted by Gasteiger charge is 2.72. The minimum atomic E-state index is -5.70. The summed E-state index contributed by atoms with van der Waals surface area (Å²) in [7, 11) is -3.86. The maximum absolute atomic E-state index is 15.0. The van der Waals surface area contributed by atoms with Crippen LogP contribution in [0.5, 0.6) is 5.75 Å². The fourth-order valence-electron chi connectivity index (χ4n) is 3.96. The van der Waals surface area contributed by atoms with Crippen LogP contribution in [0.3, 0.4) is 0 Å². The normalized spacial score (nSPS) is 19.3. The quantitative estimate of drug-likeness (QED) is 0.313. The van der Waals surface area contributed by atoms with Crippen molar-refractivity contribution in [3.05, 3.63) is 95.1 Å². The summed E-state index contributed by atoms with van der Waals surface area (Å²) in [5.41, 5.74) is -7.39. The zero-order valence-electron chi connectivity index (χ0n) is 18.8. The number of halogens is 6. The van der Waals surface area contributed by atoms with E-state index in [2.05, 4.69) is 0 Å². The van der Waals surface area contributed by atoms with E-state index in [4.69, 9.17) is 9.47 Å². The number of carbonyl (C=O) groups excluding carboxylic acids is 1. The molecule has 1 aliphatic rings. The maximum atomic E-state index is 15.0. The van der Waals surface area contributed by atoms with Gasteiger partial charge in [0.05, 0.1) is 23.1 Å². The first-order valence-corrected chi connectivity index (χ1v) is 11.9. The van der Waals surface area contributed by atoms with Crippen LogP contribution in [0.4, 0.5) is 26.3 Å². The number of rotatable bonds is 5. The van der Waals surface area contributed by atoms with Gasteiger partial charge in [0.15, 0.2) is 0 Å². The summed E-state index contributed by atoms with van der Waals surface area (Å²) in [6, 6.07) is 12.7. The molecule has 0 fully saturated rings. The van der Waals surface area contributed by atoms with Crippen LogP contribution in [0.15, 0.2) is 77.7 Å². The molecule has 0 radical (unpaired) electrons. The highest BCUT2D eigenvalue weighted by molar-refractivity contribution is 7.89. The van der Waals surface area contributed by atoms with Crippen molar-refractivity contribution in [1.82, 2.24) is 4.31 Å². The number of benzene rings is 3. The average Bonchev–Trinajstić information content (AvgIpc) is 3.03. The molecule has 4 rings (SSSR count). The summed E-state index contributed by atoms with van der Waals surface area (Å²) in [5, 5.41) is 0. The van der Waals surface area contributed by atoms with Crippen LogP contribution in [0.2, 0.25) is 0 Å². The highest BCUT2D eigenvalue weighted by atomic mass is 32.2. The monoisotopic (exact) mass is 545 g/mol. The topological polar surface area (TPSA) is 72.9 Å². The Morgan fingerprint density at radius 1 is 0.919 bits per heavy atom. The number of hydrogen-bond donors (Lipinski definition) is 0. The van der Waals surface area contributed by atoms with Gasteiger partial charge in [-0.2, -0.15) is 26.3 Å². The predicted molar refractivity (Wildman–Crippen MR) is 117 cm³/mol. The lowest BCUT2D eigenvalue weighted by molar-refractivity contribution is -0.304. The molecule has 37 heavy (non-hydrogen) atoms. The van der Waals surface area contributed by atoms with Gasteiger partial charge >= 0.3 is 24.0 Å². The first kappa shape index (κ1) is 26.5. The Morgan fingerprint density at radius 3 is 2.19 bits per heavy atom. The molecule has 1 atom stereocenters. The minimum Gasteiger partial charge on any atom is -0.497 e. The van der Waals surface area contributed by atoms with E-state index in [1.54, 1.807) is 0 Å².